The quantitative estimate of drug-likeness (QED) is 0.341. The van der Waals surface area contributed by atoms with Gasteiger partial charge in [0.15, 0.2) is 11.6 Å². The predicted octanol–water partition coefficient (Wildman–Crippen LogP) is 8.90. The van der Waals surface area contributed by atoms with Crippen LogP contribution in [0.1, 0.15) is 56.9 Å². The van der Waals surface area contributed by atoms with Gasteiger partial charge in [0.2, 0.25) is 0 Å². The molecule has 0 aromatic heterocycles. The summed E-state index contributed by atoms with van der Waals surface area (Å²) in [4.78, 5) is 0. The SMILES string of the molecule is CCCC1CCC(c2cc(F)c(-c3ccc4c(F)c(OC(F)(F)F)ccc4c3)c(F)c2)CC1. The average molecular weight is 466 g/mol. The van der Waals surface area contributed by atoms with Gasteiger partial charge >= 0.3 is 6.36 Å². The third kappa shape index (κ3) is 5.12. The minimum absolute atomic E-state index is 0.119. The Bertz CT molecular complexity index is 1120. The minimum atomic E-state index is -5.03. The average Bonchev–Trinajstić information content (AvgIpc) is 2.75. The van der Waals surface area contributed by atoms with Crippen molar-refractivity contribution in [2.75, 3.05) is 0 Å². The van der Waals surface area contributed by atoms with Crippen molar-refractivity contribution in [1.82, 2.24) is 0 Å². The molecule has 0 bridgehead atoms. The van der Waals surface area contributed by atoms with Gasteiger partial charge in [-0.1, -0.05) is 38.0 Å². The summed E-state index contributed by atoms with van der Waals surface area (Å²) >= 11 is 0. The van der Waals surface area contributed by atoms with Crippen molar-refractivity contribution in [3.63, 3.8) is 0 Å². The van der Waals surface area contributed by atoms with Gasteiger partial charge in [-0.25, -0.2) is 13.2 Å². The van der Waals surface area contributed by atoms with Gasteiger partial charge in [-0.2, -0.15) is 0 Å². The Labute approximate surface area is 188 Å². The lowest BCUT2D eigenvalue weighted by Gasteiger charge is -2.29. The lowest BCUT2D eigenvalue weighted by atomic mass is 9.77. The molecule has 1 fully saturated rings. The van der Waals surface area contributed by atoms with Crippen molar-refractivity contribution in [3.8, 4) is 16.9 Å². The standard InChI is InChI=1S/C26H24F6O/c1-2-3-15-4-6-16(7-5-15)19-13-21(27)24(22(28)14-19)18-8-10-20-17(12-18)9-11-23(25(20)29)33-26(30,31)32/h8-16H,2-7H2,1H3. The van der Waals surface area contributed by atoms with Crippen molar-refractivity contribution >= 4 is 10.8 Å². The van der Waals surface area contributed by atoms with Crippen molar-refractivity contribution in [3.05, 3.63) is 65.5 Å². The summed E-state index contributed by atoms with van der Waals surface area (Å²) in [5.74, 6) is -2.77. The fourth-order valence-corrected chi connectivity index (χ4v) is 4.93. The molecule has 1 saturated carbocycles. The first-order valence-electron chi connectivity index (χ1n) is 11.1. The van der Waals surface area contributed by atoms with E-state index in [4.69, 9.17) is 0 Å². The van der Waals surface area contributed by atoms with Crippen LogP contribution < -0.4 is 4.74 Å². The van der Waals surface area contributed by atoms with Crippen molar-refractivity contribution in [1.29, 1.82) is 0 Å². The number of ether oxygens (including phenoxy) is 1. The van der Waals surface area contributed by atoms with E-state index in [0.29, 0.717) is 11.5 Å². The summed E-state index contributed by atoms with van der Waals surface area (Å²) in [6.45, 7) is 2.16. The molecule has 1 aliphatic rings. The molecule has 176 valence electrons. The van der Waals surface area contributed by atoms with Crippen LogP contribution in [-0.2, 0) is 0 Å². The fraction of sp³-hybridized carbons (Fsp3) is 0.385. The van der Waals surface area contributed by atoms with Crippen LogP contribution in [0.4, 0.5) is 26.3 Å². The van der Waals surface area contributed by atoms with Gasteiger partial charge in [0.25, 0.3) is 0 Å². The second-order valence-corrected chi connectivity index (χ2v) is 8.73. The highest BCUT2D eigenvalue weighted by molar-refractivity contribution is 5.89. The molecule has 4 rings (SSSR count). The molecule has 7 heteroatoms. The summed E-state index contributed by atoms with van der Waals surface area (Å²) in [5, 5.41) is 0.0680. The van der Waals surface area contributed by atoms with Gasteiger partial charge in [-0.15, -0.1) is 13.2 Å². The van der Waals surface area contributed by atoms with E-state index >= 15 is 8.78 Å². The summed E-state index contributed by atoms with van der Waals surface area (Å²) in [5.41, 5.74) is 0.584. The number of rotatable bonds is 5. The van der Waals surface area contributed by atoms with E-state index in [-0.39, 0.29) is 27.8 Å². The molecule has 0 spiro atoms. The first-order valence-corrected chi connectivity index (χ1v) is 11.1. The van der Waals surface area contributed by atoms with E-state index < -0.39 is 29.6 Å². The summed E-state index contributed by atoms with van der Waals surface area (Å²) in [6.07, 6.45) is 1.21. The molecule has 0 heterocycles. The molecule has 0 radical (unpaired) electrons. The van der Waals surface area contributed by atoms with Crippen molar-refractivity contribution in [2.24, 2.45) is 5.92 Å². The van der Waals surface area contributed by atoms with Gasteiger partial charge in [0.1, 0.15) is 11.6 Å². The van der Waals surface area contributed by atoms with Crippen LogP contribution in [0.3, 0.4) is 0 Å². The third-order valence-corrected chi connectivity index (χ3v) is 6.51. The number of alkyl halides is 3. The fourth-order valence-electron chi connectivity index (χ4n) is 4.93. The number of benzene rings is 3. The largest absolute Gasteiger partial charge is 0.573 e. The number of hydrogen-bond donors (Lipinski definition) is 0. The number of fused-ring (bicyclic) bond motifs is 1. The molecule has 0 amide bonds. The first-order chi connectivity index (χ1) is 15.7. The zero-order valence-corrected chi connectivity index (χ0v) is 18.1. The van der Waals surface area contributed by atoms with Crippen LogP contribution in [0.15, 0.2) is 42.5 Å². The Balaban J connectivity index is 1.62. The van der Waals surface area contributed by atoms with Gasteiger partial charge < -0.3 is 4.74 Å². The second kappa shape index (κ2) is 9.27. The zero-order valence-electron chi connectivity index (χ0n) is 18.1. The molecule has 0 aliphatic heterocycles. The second-order valence-electron chi connectivity index (χ2n) is 8.73. The van der Waals surface area contributed by atoms with E-state index in [1.807, 2.05) is 0 Å². The molecule has 0 atom stereocenters. The van der Waals surface area contributed by atoms with Crippen LogP contribution in [0.2, 0.25) is 0 Å². The molecule has 0 unspecified atom stereocenters. The maximum Gasteiger partial charge on any atom is 0.573 e. The summed E-state index contributed by atoms with van der Waals surface area (Å²) in [6, 6.07) is 8.65. The van der Waals surface area contributed by atoms with E-state index in [1.54, 1.807) is 0 Å². The van der Waals surface area contributed by atoms with Gasteiger partial charge in [0.05, 0.1) is 5.56 Å². The van der Waals surface area contributed by atoms with E-state index in [0.717, 1.165) is 38.2 Å². The monoisotopic (exact) mass is 466 g/mol. The van der Waals surface area contributed by atoms with Crippen molar-refractivity contribution < 1.29 is 31.1 Å². The maximum atomic E-state index is 15.0. The molecule has 3 aromatic rings. The lowest BCUT2D eigenvalue weighted by molar-refractivity contribution is -0.275. The smallest absolute Gasteiger partial charge is 0.403 e. The highest BCUT2D eigenvalue weighted by Gasteiger charge is 2.32. The molecule has 0 saturated heterocycles. The predicted molar refractivity (Wildman–Crippen MR) is 116 cm³/mol. The highest BCUT2D eigenvalue weighted by Crippen LogP contribution is 2.40. The Morgan fingerprint density at radius 3 is 2.15 bits per heavy atom. The summed E-state index contributed by atoms with van der Waals surface area (Å²) < 4.78 is 85.5. The topological polar surface area (TPSA) is 9.23 Å². The van der Waals surface area contributed by atoms with Crippen LogP contribution in [0.5, 0.6) is 5.75 Å². The van der Waals surface area contributed by atoms with E-state index in [2.05, 4.69) is 11.7 Å². The Morgan fingerprint density at radius 1 is 0.879 bits per heavy atom. The normalized spacial score (nSPS) is 19.1. The molecule has 33 heavy (non-hydrogen) atoms. The van der Waals surface area contributed by atoms with Gasteiger partial charge in [-0.05, 0) is 78.3 Å². The van der Waals surface area contributed by atoms with Crippen LogP contribution in [0, 0.1) is 23.4 Å². The Kier molecular flexibility index (Phi) is 6.59. The van der Waals surface area contributed by atoms with Gasteiger partial charge in [-0.3, -0.25) is 0 Å². The zero-order chi connectivity index (χ0) is 23.8. The van der Waals surface area contributed by atoms with E-state index in [9.17, 15) is 17.6 Å². The Morgan fingerprint density at radius 2 is 1.55 bits per heavy atom. The summed E-state index contributed by atoms with van der Waals surface area (Å²) in [7, 11) is 0. The molecule has 0 N–H and O–H groups in total. The van der Waals surface area contributed by atoms with Crippen LogP contribution in [-0.4, -0.2) is 6.36 Å². The van der Waals surface area contributed by atoms with Crippen molar-refractivity contribution in [2.45, 2.75) is 57.7 Å². The lowest BCUT2D eigenvalue weighted by Crippen LogP contribution is -2.18. The molecule has 1 nitrogen and oxygen atoms in total. The maximum absolute atomic E-state index is 15.0. The molecule has 3 aromatic carbocycles. The third-order valence-electron chi connectivity index (χ3n) is 6.51. The Hall–Kier alpha value is -2.70. The molecule has 1 aliphatic carbocycles. The van der Waals surface area contributed by atoms with E-state index in [1.165, 1.54) is 42.8 Å². The number of halogens is 6. The van der Waals surface area contributed by atoms with Crippen LogP contribution in [0.25, 0.3) is 21.9 Å². The highest BCUT2D eigenvalue weighted by atomic mass is 19.4. The minimum Gasteiger partial charge on any atom is -0.403 e. The molecular formula is C26H24F6O. The molecular weight excluding hydrogens is 442 g/mol. The van der Waals surface area contributed by atoms with Crippen LogP contribution >= 0.6 is 0 Å². The van der Waals surface area contributed by atoms with Gasteiger partial charge in [0, 0.05) is 5.39 Å². The number of hydrogen-bond acceptors (Lipinski definition) is 1. The first kappa shape index (κ1) is 23.5.